The molecule has 1 aromatic carbocycles. The molecule has 5 N–H and O–H groups in total. The minimum absolute atomic E-state index is 0.0183. The smallest absolute Gasteiger partial charge is 0.208 e. The lowest BCUT2D eigenvalue weighted by molar-refractivity contribution is 0.315. The van der Waals surface area contributed by atoms with E-state index in [0.717, 1.165) is 5.75 Å². The normalized spacial score (nSPS) is 9.14. The quantitative estimate of drug-likeness (QED) is 0.263. The molecule has 0 heterocycles. The first-order valence-corrected chi connectivity index (χ1v) is 4.28. The molecule has 5 heteroatoms. The fourth-order valence-corrected chi connectivity index (χ4v) is 0.878. The van der Waals surface area contributed by atoms with Crippen LogP contribution in [0.1, 0.15) is 0 Å². The summed E-state index contributed by atoms with van der Waals surface area (Å²) in [4.78, 5) is 0. The first-order valence-electron chi connectivity index (χ1n) is 4.28. The van der Waals surface area contributed by atoms with Gasteiger partial charge >= 0.3 is 0 Å². The summed E-state index contributed by atoms with van der Waals surface area (Å²) in [5.41, 5.74) is 12.9. The summed E-state index contributed by atoms with van der Waals surface area (Å²) < 4.78 is 5.37. The van der Waals surface area contributed by atoms with Crippen LogP contribution in [-0.2, 0) is 0 Å². The van der Waals surface area contributed by atoms with Gasteiger partial charge in [-0.1, -0.05) is 18.2 Å². The van der Waals surface area contributed by atoms with Gasteiger partial charge in [0.1, 0.15) is 12.4 Å². The van der Waals surface area contributed by atoms with Gasteiger partial charge in [0.25, 0.3) is 0 Å². The van der Waals surface area contributed by atoms with Gasteiger partial charge in [0.2, 0.25) is 5.96 Å². The third kappa shape index (κ3) is 4.20. The van der Waals surface area contributed by atoms with Crippen molar-refractivity contribution in [2.24, 2.45) is 16.6 Å². The van der Waals surface area contributed by atoms with E-state index in [1.807, 2.05) is 30.3 Å². The molecule has 0 saturated heterocycles. The minimum Gasteiger partial charge on any atom is -0.492 e. The molecule has 76 valence electrons. The standard InChI is InChI=1S/C9H14N4O/c10-9(11)13-12-6-7-14-8-4-2-1-3-5-8/h1-5,12H,6-7H2,(H4,10,11,13). The summed E-state index contributed by atoms with van der Waals surface area (Å²) >= 11 is 0. The van der Waals surface area contributed by atoms with Crippen LogP contribution in [0.5, 0.6) is 5.75 Å². The number of hydrazone groups is 1. The Kier molecular flexibility index (Phi) is 4.13. The Morgan fingerprint density at radius 2 is 2.00 bits per heavy atom. The Morgan fingerprint density at radius 3 is 2.64 bits per heavy atom. The monoisotopic (exact) mass is 194 g/mol. The van der Waals surface area contributed by atoms with Gasteiger partial charge in [0, 0.05) is 0 Å². The van der Waals surface area contributed by atoms with Crippen molar-refractivity contribution in [1.82, 2.24) is 5.43 Å². The maximum atomic E-state index is 5.37. The van der Waals surface area contributed by atoms with E-state index in [-0.39, 0.29) is 5.96 Å². The van der Waals surface area contributed by atoms with Crippen molar-refractivity contribution in [2.45, 2.75) is 0 Å². The first-order chi connectivity index (χ1) is 6.79. The topological polar surface area (TPSA) is 85.7 Å². The predicted molar refractivity (Wildman–Crippen MR) is 55.7 cm³/mol. The van der Waals surface area contributed by atoms with Crippen molar-refractivity contribution in [3.05, 3.63) is 30.3 Å². The number of benzene rings is 1. The zero-order valence-corrected chi connectivity index (χ0v) is 7.81. The molecule has 0 spiro atoms. The zero-order chi connectivity index (χ0) is 10.2. The highest BCUT2D eigenvalue weighted by molar-refractivity contribution is 5.75. The molecule has 1 rings (SSSR count). The van der Waals surface area contributed by atoms with Crippen molar-refractivity contribution >= 4 is 5.96 Å². The van der Waals surface area contributed by atoms with Crippen LogP contribution in [0, 0.1) is 0 Å². The van der Waals surface area contributed by atoms with Crippen LogP contribution in [0.4, 0.5) is 0 Å². The van der Waals surface area contributed by atoms with Crippen molar-refractivity contribution < 1.29 is 4.74 Å². The number of para-hydroxylation sites is 1. The van der Waals surface area contributed by atoms with E-state index in [4.69, 9.17) is 16.2 Å². The number of nitrogens with zero attached hydrogens (tertiary/aromatic N) is 1. The summed E-state index contributed by atoms with van der Waals surface area (Å²) in [7, 11) is 0. The summed E-state index contributed by atoms with van der Waals surface area (Å²) in [5.74, 6) is 0.851. The van der Waals surface area contributed by atoms with Crippen LogP contribution in [0.3, 0.4) is 0 Å². The summed E-state index contributed by atoms with van der Waals surface area (Å²) in [6, 6.07) is 9.54. The number of nitrogens with one attached hydrogen (secondary N) is 1. The molecule has 1 aromatic rings. The van der Waals surface area contributed by atoms with E-state index < -0.39 is 0 Å². The van der Waals surface area contributed by atoms with E-state index in [0.29, 0.717) is 13.2 Å². The van der Waals surface area contributed by atoms with E-state index in [1.54, 1.807) is 0 Å². The number of ether oxygens (including phenoxy) is 1. The third-order valence-electron chi connectivity index (χ3n) is 1.43. The molecule has 0 radical (unpaired) electrons. The van der Waals surface area contributed by atoms with E-state index >= 15 is 0 Å². The lowest BCUT2D eigenvalue weighted by atomic mass is 10.3. The Labute approximate surface area is 82.7 Å². The van der Waals surface area contributed by atoms with Gasteiger partial charge in [-0.2, -0.15) is 0 Å². The highest BCUT2D eigenvalue weighted by atomic mass is 16.5. The maximum Gasteiger partial charge on any atom is 0.208 e. The molecule has 0 aliphatic heterocycles. The Balaban J connectivity index is 2.14. The van der Waals surface area contributed by atoms with Crippen LogP contribution in [0.25, 0.3) is 0 Å². The number of hydrogen-bond acceptors (Lipinski definition) is 3. The average molecular weight is 194 g/mol. The Morgan fingerprint density at radius 1 is 1.29 bits per heavy atom. The van der Waals surface area contributed by atoms with Gasteiger partial charge in [0.05, 0.1) is 6.54 Å². The second kappa shape index (κ2) is 5.69. The van der Waals surface area contributed by atoms with Crippen molar-refractivity contribution in [1.29, 1.82) is 0 Å². The summed E-state index contributed by atoms with van der Waals surface area (Å²) in [6.45, 7) is 1.08. The van der Waals surface area contributed by atoms with Gasteiger partial charge in [-0.3, -0.25) is 0 Å². The SMILES string of the molecule is NC(N)=NNCCOc1ccccc1. The molecule has 0 aliphatic carbocycles. The highest BCUT2D eigenvalue weighted by Gasteiger charge is 1.89. The fraction of sp³-hybridized carbons (Fsp3) is 0.222. The summed E-state index contributed by atoms with van der Waals surface area (Å²) in [6.07, 6.45) is 0. The Hall–Kier alpha value is -1.91. The molecule has 14 heavy (non-hydrogen) atoms. The number of rotatable bonds is 5. The Bertz CT molecular complexity index is 282. The minimum atomic E-state index is 0.0183. The van der Waals surface area contributed by atoms with Gasteiger partial charge in [-0.05, 0) is 12.1 Å². The van der Waals surface area contributed by atoms with Crippen LogP contribution >= 0.6 is 0 Å². The third-order valence-corrected chi connectivity index (χ3v) is 1.43. The van der Waals surface area contributed by atoms with Crippen molar-refractivity contribution in [3.63, 3.8) is 0 Å². The molecule has 0 amide bonds. The number of nitrogens with two attached hydrogens (primary N) is 2. The molecule has 0 fully saturated rings. The second-order valence-electron chi connectivity index (χ2n) is 2.61. The molecule has 0 atom stereocenters. The molecule has 0 saturated carbocycles. The van der Waals surface area contributed by atoms with Gasteiger partial charge in [-0.25, -0.2) is 0 Å². The lowest BCUT2D eigenvalue weighted by Crippen LogP contribution is -2.27. The van der Waals surface area contributed by atoms with E-state index in [2.05, 4.69) is 10.5 Å². The molecule has 0 unspecified atom stereocenters. The van der Waals surface area contributed by atoms with Crippen molar-refractivity contribution in [2.75, 3.05) is 13.2 Å². The lowest BCUT2D eigenvalue weighted by Gasteiger charge is -2.04. The van der Waals surface area contributed by atoms with Gasteiger partial charge in [-0.15, -0.1) is 5.10 Å². The van der Waals surface area contributed by atoms with Gasteiger partial charge in [0.15, 0.2) is 0 Å². The molecule has 5 nitrogen and oxygen atoms in total. The van der Waals surface area contributed by atoms with Gasteiger partial charge < -0.3 is 21.6 Å². The largest absolute Gasteiger partial charge is 0.492 e. The van der Waals surface area contributed by atoms with E-state index in [9.17, 15) is 0 Å². The number of hydrogen-bond donors (Lipinski definition) is 3. The maximum absolute atomic E-state index is 5.37. The molecular formula is C9H14N4O. The van der Waals surface area contributed by atoms with Crippen molar-refractivity contribution in [3.8, 4) is 5.75 Å². The number of guanidine groups is 1. The molecule has 0 aliphatic rings. The molecule has 0 bridgehead atoms. The van der Waals surface area contributed by atoms with Crippen LogP contribution in [-0.4, -0.2) is 19.1 Å². The predicted octanol–water partition coefficient (Wildman–Crippen LogP) is -0.157. The zero-order valence-electron chi connectivity index (χ0n) is 7.81. The van der Waals surface area contributed by atoms with Crippen LogP contribution < -0.4 is 21.6 Å². The van der Waals surface area contributed by atoms with E-state index in [1.165, 1.54) is 0 Å². The molecule has 0 aromatic heterocycles. The molecular weight excluding hydrogens is 180 g/mol. The average Bonchev–Trinajstić information content (AvgIpc) is 2.18. The summed E-state index contributed by atoms with van der Waals surface area (Å²) in [5, 5.41) is 3.60. The first kappa shape index (κ1) is 10.2. The second-order valence-corrected chi connectivity index (χ2v) is 2.61. The van der Waals surface area contributed by atoms with Crippen LogP contribution in [0.2, 0.25) is 0 Å². The van der Waals surface area contributed by atoms with Crippen LogP contribution in [0.15, 0.2) is 35.4 Å². The fourth-order valence-electron chi connectivity index (χ4n) is 0.878. The highest BCUT2D eigenvalue weighted by Crippen LogP contribution is 2.07.